The van der Waals surface area contributed by atoms with E-state index in [4.69, 9.17) is 4.42 Å². The molecule has 72 valence electrons. The lowest BCUT2D eigenvalue weighted by Gasteiger charge is -2.06. The smallest absolute Gasteiger partial charge is 0.135 e. The molecule has 0 saturated heterocycles. The number of rotatable bonds is 1. The minimum atomic E-state index is 0.891. The molecule has 0 aliphatic carbocycles. The molecule has 0 aliphatic heterocycles. The third kappa shape index (κ3) is 1.79. The lowest BCUT2D eigenvalue weighted by atomic mass is 10.1. The van der Waals surface area contributed by atoms with Crippen LogP contribution in [0.15, 0.2) is 43.9 Å². The SMILES string of the molecule is Cc1cc(Br)cc(Br)c1-c1ccco1. The average Bonchev–Trinajstić information content (AvgIpc) is 2.54. The first-order valence-electron chi connectivity index (χ1n) is 4.18. The van der Waals surface area contributed by atoms with Crippen molar-refractivity contribution < 1.29 is 4.42 Å². The van der Waals surface area contributed by atoms with Crippen LogP contribution in [0.1, 0.15) is 5.56 Å². The van der Waals surface area contributed by atoms with Crippen molar-refractivity contribution in [2.45, 2.75) is 6.92 Å². The van der Waals surface area contributed by atoms with Gasteiger partial charge in [-0.05, 0) is 52.7 Å². The van der Waals surface area contributed by atoms with E-state index in [-0.39, 0.29) is 0 Å². The van der Waals surface area contributed by atoms with Crippen LogP contribution >= 0.6 is 31.9 Å². The Bertz CT molecular complexity index is 423. The Balaban J connectivity index is 2.64. The van der Waals surface area contributed by atoms with Crippen LogP contribution in [-0.2, 0) is 0 Å². The fourth-order valence-electron chi connectivity index (χ4n) is 1.44. The Morgan fingerprint density at radius 1 is 1.21 bits per heavy atom. The molecule has 0 saturated carbocycles. The Labute approximate surface area is 99.4 Å². The standard InChI is InChI=1S/C11H8Br2O/c1-7-5-8(12)6-9(13)11(7)10-3-2-4-14-10/h2-6H,1H3. The van der Waals surface area contributed by atoms with E-state index in [1.807, 2.05) is 18.2 Å². The van der Waals surface area contributed by atoms with E-state index in [1.54, 1.807) is 6.26 Å². The van der Waals surface area contributed by atoms with Gasteiger partial charge in [0.25, 0.3) is 0 Å². The molecule has 0 spiro atoms. The summed E-state index contributed by atoms with van der Waals surface area (Å²) in [5.74, 6) is 0.891. The predicted octanol–water partition coefficient (Wildman–Crippen LogP) is 4.78. The van der Waals surface area contributed by atoms with Gasteiger partial charge in [0, 0.05) is 14.5 Å². The molecule has 0 amide bonds. The van der Waals surface area contributed by atoms with Gasteiger partial charge < -0.3 is 4.42 Å². The van der Waals surface area contributed by atoms with E-state index in [9.17, 15) is 0 Å². The van der Waals surface area contributed by atoms with Crippen LogP contribution in [0.5, 0.6) is 0 Å². The quantitative estimate of drug-likeness (QED) is 0.738. The summed E-state index contributed by atoms with van der Waals surface area (Å²) in [6.07, 6.45) is 1.68. The molecule has 0 atom stereocenters. The van der Waals surface area contributed by atoms with Crippen molar-refractivity contribution in [3.05, 3.63) is 45.0 Å². The third-order valence-electron chi connectivity index (χ3n) is 2.02. The van der Waals surface area contributed by atoms with Gasteiger partial charge in [0.1, 0.15) is 5.76 Å². The monoisotopic (exact) mass is 314 g/mol. The molecule has 2 aromatic rings. The topological polar surface area (TPSA) is 13.1 Å². The molecule has 0 fully saturated rings. The highest BCUT2D eigenvalue weighted by Gasteiger charge is 2.09. The van der Waals surface area contributed by atoms with E-state index < -0.39 is 0 Å². The van der Waals surface area contributed by atoms with Crippen LogP contribution in [0.25, 0.3) is 11.3 Å². The Morgan fingerprint density at radius 2 is 2.00 bits per heavy atom. The number of aryl methyl sites for hydroxylation is 1. The zero-order valence-electron chi connectivity index (χ0n) is 7.55. The van der Waals surface area contributed by atoms with Gasteiger partial charge in [-0.1, -0.05) is 15.9 Å². The maximum Gasteiger partial charge on any atom is 0.135 e. The van der Waals surface area contributed by atoms with E-state index in [2.05, 4.69) is 44.8 Å². The van der Waals surface area contributed by atoms with Gasteiger partial charge in [-0.25, -0.2) is 0 Å². The molecule has 0 aliphatic rings. The zero-order chi connectivity index (χ0) is 10.1. The molecule has 0 bridgehead atoms. The van der Waals surface area contributed by atoms with Crippen molar-refractivity contribution in [3.63, 3.8) is 0 Å². The lowest BCUT2D eigenvalue weighted by Crippen LogP contribution is -1.83. The summed E-state index contributed by atoms with van der Waals surface area (Å²) < 4.78 is 7.48. The summed E-state index contributed by atoms with van der Waals surface area (Å²) in [5, 5.41) is 0. The highest BCUT2D eigenvalue weighted by Crippen LogP contribution is 2.34. The maximum atomic E-state index is 5.38. The predicted molar refractivity (Wildman–Crippen MR) is 64.3 cm³/mol. The zero-order valence-corrected chi connectivity index (χ0v) is 10.7. The molecule has 0 unspecified atom stereocenters. The van der Waals surface area contributed by atoms with Gasteiger partial charge in [-0.15, -0.1) is 0 Å². The van der Waals surface area contributed by atoms with Crippen molar-refractivity contribution in [1.82, 2.24) is 0 Å². The van der Waals surface area contributed by atoms with Crippen LogP contribution in [0.4, 0.5) is 0 Å². The second kappa shape index (κ2) is 3.91. The van der Waals surface area contributed by atoms with Crippen LogP contribution in [0.2, 0.25) is 0 Å². The molecular weight excluding hydrogens is 308 g/mol. The molecule has 1 aromatic heterocycles. The third-order valence-corrected chi connectivity index (χ3v) is 3.10. The number of benzene rings is 1. The summed E-state index contributed by atoms with van der Waals surface area (Å²) in [7, 11) is 0. The second-order valence-electron chi connectivity index (χ2n) is 3.06. The molecule has 2 rings (SSSR count). The summed E-state index contributed by atoms with van der Waals surface area (Å²) in [5.41, 5.74) is 2.29. The van der Waals surface area contributed by atoms with Crippen LogP contribution < -0.4 is 0 Å². The van der Waals surface area contributed by atoms with Crippen LogP contribution in [-0.4, -0.2) is 0 Å². The number of hydrogen-bond donors (Lipinski definition) is 0. The Hall–Kier alpha value is -0.540. The molecule has 1 nitrogen and oxygen atoms in total. The van der Waals surface area contributed by atoms with Crippen molar-refractivity contribution >= 4 is 31.9 Å². The molecular formula is C11H8Br2O. The minimum absolute atomic E-state index is 0.891. The van der Waals surface area contributed by atoms with Gasteiger partial charge in [-0.2, -0.15) is 0 Å². The first-order chi connectivity index (χ1) is 6.68. The van der Waals surface area contributed by atoms with E-state index in [0.717, 1.165) is 20.3 Å². The summed E-state index contributed by atoms with van der Waals surface area (Å²) in [6, 6.07) is 7.94. The highest BCUT2D eigenvalue weighted by molar-refractivity contribution is 9.11. The first kappa shape index (κ1) is 9.99. The number of halogens is 2. The Kier molecular flexibility index (Phi) is 2.79. The normalized spacial score (nSPS) is 10.5. The largest absolute Gasteiger partial charge is 0.464 e. The van der Waals surface area contributed by atoms with Crippen molar-refractivity contribution in [1.29, 1.82) is 0 Å². The minimum Gasteiger partial charge on any atom is -0.464 e. The van der Waals surface area contributed by atoms with Crippen LogP contribution in [0, 0.1) is 6.92 Å². The summed E-state index contributed by atoms with van der Waals surface area (Å²) in [4.78, 5) is 0. The summed E-state index contributed by atoms with van der Waals surface area (Å²) in [6.45, 7) is 2.06. The maximum absolute atomic E-state index is 5.38. The van der Waals surface area contributed by atoms with E-state index in [1.165, 1.54) is 5.56 Å². The van der Waals surface area contributed by atoms with Crippen molar-refractivity contribution in [2.75, 3.05) is 0 Å². The number of furan rings is 1. The molecule has 1 aromatic carbocycles. The average molecular weight is 316 g/mol. The molecule has 1 heterocycles. The highest BCUT2D eigenvalue weighted by atomic mass is 79.9. The van der Waals surface area contributed by atoms with Gasteiger partial charge in [0.2, 0.25) is 0 Å². The Morgan fingerprint density at radius 3 is 2.57 bits per heavy atom. The van der Waals surface area contributed by atoms with Gasteiger partial charge >= 0.3 is 0 Å². The van der Waals surface area contributed by atoms with Gasteiger partial charge in [-0.3, -0.25) is 0 Å². The van der Waals surface area contributed by atoms with Gasteiger partial charge in [0.05, 0.1) is 6.26 Å². The molecule has 0 radical (unpaired) electrons. The lowest BCUT2D eigenvalue weighted by molar-refractivity contribution is 0.581. The second-order valence-corrected chi connectivity index (χ2v) is 4.83. The fraction of sp³-hybridized carbons (Fsp3) is 0.0909. The van der Waals surface area contributed by atoms with E-state index in [0.29, 0.717) is 0 Å². The van der Waals surface area contributed by atoms with E-state index >= 15 is 0 Å². The molecule has 3 heteroatoms. The summed E-state index contributed by atoms with van der Waals surface area (Å²) >= 11 is 6.98. The fourth-order valence-corrected chi connectivity index (χ4v) is 3.07. The van der Waals surface area contributed by atoms with Crippen molar-refractivity contribution in [2.24, 2.45) is 0 Å². The molecule has 14 heavy (non-hydrogen) atoms. The van der Waals surface area contributed by atoms with Gasteiger partial charge in [0.15, 0.2) is 0 Å². The molecule has 0 N–H and O–H groups in total. The van der Waals surface area contributed by atoms with Crippen LogP contribution in [0.3, 0.4) is 0 Å². The van der Waals surface area contributed by atoms with Crippen molar-refractivity contribution in [3.8, 4) is 11.3 Å². The first-order valence-corrected chi connectivity index (χ1v) is 5.76. The number of hydrogen-bond acceptors (Lipinski definition) is 1.